The lowest BCUT2D eigenvalue weighted by molar-refractivity contribution is -0.149. The molecule has 50 heavy (non-hydrogen) atoms. The van der Waals surface area contributed by atoms with Gasteiger partial charge in [0.15, 0.2) is 0 Å². The van der Waals surface area contributed by atoms with Crippen LogP contribution in [0.25, 0.3) is 11.1 Å². The van der Waals surface area contributed by atoms with E-state index < -0.39 is 12.1 Å². The number of likely N-dealkylation sites (N-methyl/N-ethyl adjacent to an activating group) is 2. The van der Waals surface area contributed by atoms with Gasteiger partial charge in [0.25, 0.3) is 0 Å². The number of hydrogen-bond acceptors (Lipinski definition) is 6. The number of hydrogen-bond donors (Lipinski definition) is 2. The van der Waals surface area contributed by atoms with Gasteiger partial charge in [-0.25, -0.2) is 4.39 Å². The van der Waals surface area contributed by atoms with Gasteiger partial charge in [0.05, 0.1) is 6.61 Å². The summed E-state index contributed by atoms with van der Waals surface area (Å²) in [4.78, 5) is 47.1. The molecule has 0 spiro atoms. The van der Waals surface area contributed by atoms with Crippen LogP contribution in [-0.4, -0.2) is 111 Å². The fourth-order valence-electron chi connectivity index (χ4n) is 7.00. The molecular formula is C40H52FN5O4. The van der Waals surface area contributed by atoms with Gasteiger partial charge in [-0.1, -0.05) is 66.7 Å². The van der Waals surface area contributed by atoms with Crippen molar-refractivity contribution >= 4 is 17.7 Å². The number of halogens is 1. The lowest BCUT2D eigenvalue weighted by atomic mass is 9.98. The lowest BCUT2D eigenvalue weighted by Gasteiger charge is -2.35. The first-order chi connectivity index (χ1) is 24.2. The van der Waals surface area contributed by atoms with Crippen molar-refractivity contribution in [2.45, 2.75) is 69.1 Å². The minimum absolute atomic E-state index is 0.149. The smallest absolute Gasteiger partial charge is 0.249 e. The Hall–Kier alpha value is -4.12. The SMILES string of the molecule is CN1CCCC1CCNC(=O)C(Cc1ccc(F)cc1)N(C)C(=O)C(Cc1ccc(-c2ccccc2)cc1)N(C)C(=O)COCC1CCCN1. The van der Waals surface area contributed by atoms with Crippen LogP contribution in [0, 0.1) is 5.82 Å². The van der Waals surface area contributed by atoms with Crippen molar-refractivity contribution in [3.63, 3.8) is 0 Å². The van der Waals surface area contributed by atoms with Gasteiger partial charge < -0.3 is 30.1 Å². The summed E-state index contributed by atoms with van der Waals surface area (Å²) in [5.74, 6) is -1.32. The summed E-state index contributed by atoms with van der Waals surface area (Å²) in [6.07, 6.45) is 5.60. The van der Waals surface area contributed by atoms with E-state index in [1.54, 1.807) is 26.2 Å². The average Bonchev–Trinajstić information content (AvgIpc) is 3.81. The Kier molecular flexibility index (Phi) is 13.5. The van der Waals surface area contributed by atoms with Crippen LogP contribution in [0.15, 0.2) is 78.9 Å². The van der Waals surface area contributed by atoms with Crippen LogP contribution in [0.4, 0.5) is 4.39 Å². The Morgan fingerprint density at radius 2 is 1.54 bits per heavy atom. The highest BCUT2D eigenvalue weighted by molar-refractivity contribution is 5.92. The van der Waals surface area contributed by atoms with E-state index in [-0.39, 0.29) is 49.0 Å². The van der Waals surface area contributed by atoms with Crippen molar-refractivity contribution in [3.05, 3.63) is 95.8 Å². The van der Waals surface area contributed by atoms with Crippen molar-refractivity contribution in [2.24, 2.45) is 0 Å². The fraction of sp³-hybridized carbons (Fsp3) is 0.475. The minimum atomic E-state index is -0.890. The van der Waals surface area contributed by atoms with Crippen molar-refractivity contribution in [1.82, 2.24) is 25.3 Å². The Bertz CT molecular complexity index is 1530. The molecule has 10 heteroatoms. The molecule has 2 aliphatic heterocycles. The number of carbonyl (C=O) groups excluding carboxylic acids is 3. The van der Waals surface area contributed by atoms with E-state index in [0.717, 1.165) is 67.4 Å². The van der Waals surface area contributed by atoms with Crippen molar-refractivity contribution in [1.29, 1.82) is 0 Å². The maximum atomic E-state index is 14.5. The maximum absolute atomic E-state index is 14.5. The molecule has 0 radical (unpaired) electrons. The monoisotopic (exact) mass is 685 g/mol. The Labute approximate surface area is 296 Å². The highest BCUT2D eigenvalue weighted by atomic mass is 19.1. The standard InChI is InChI=1S/C40H52FN5O4/c1-44-24-8-12-35(44)21-23-43-39(48)36(25-30-15-19-33(41)20-16-30)46(3)40(49)37(45(2)38(47)28-50-27-34-11-7-22-42-34)26-29-13-17-32(18-14-29)31-9-5-4-6-10-31/h4-6,9-10,13-20,34-37,42H,7-8,11-12,21-28H2,1-3H3,(H,43,48). The summed E-state index contributed by atoms with van der Waals surface area (Å²) >= 11 is 0. The zero-order valence-electron chi connectivity index (χ0n) is 29.7. The first-order valence-electron chi connectivity index (χ1n) is 17.9. The minimum Gasteiger partial charge on any atom is -0.370 e. The normalized spacial score (nSPS) is 18.8. The summed E-state index contributed by atoms with van der Waals surface area (Å²) in [6.45, 7) is 2.75. The number of likely N-dealkylation sites (tertiary alicyclic amines) is 1. The molecule has 3 aromatic carbocycles. The number of amides is 3. The van der Waals surface area contributed by atoms with Crippen LogP contribution in [0.3, 0.4) is 0 Å². The molecular weight excluding hydrogens is 633 g/mol. The molecule has 0 aromatic heterocycles. The quantitative estimate of drug-likeness (QED) is 0.234. The van der Waals surface area contributed by atoms with Crippen LogP contribution in [0.2, 0.25) is 0 Å². The number of nitrogens with zero attached hydrogens (tertiary/aromatic N) is 3. The van der Waals surface area contributed by atoms with Crippen LogP contribution in [0.5, 0.6) is 0 Å². The fourth-order valence-corrected chi connectivity index (χ4v) is 7.00. The second kappa shape index (κ2) is 18.2. The molecule has 2 aliphatic rings. The van der Waals surface area contributed by atoms with E-state index in [4.69, 9.17) is 4.74 Å². The molecule has 0 saturated carbocycles. The predicted octanol–water partition coefficient (Wildman–Crippen LogP) is 4.30. The van der Waals surface area contributed by atoms with Gasteiger partial charge in [-0.15, -0.1) is 0 Å². The molecule has 2 saturated heterocycles. The molecule has 3 amide bonds. The number of nitrogens with one attached hydrogen (secondary N) is 2. The van der Waals surface area contributed by atoms with Gasteiger partial charge in [-0.2, -0.15) is 0 Å². The molecule has 5 rings (SSSR count). The second-order valence-corrected chi connectivity index (χ2v) is 13.7. The first-order valence-corrected chi connectivity index (χ1v) is 17.9. The van der Waals surface area contributed by atoms with E-state index in [0.29, 0.717) is 19.2 Å². The number of carbonyl (C=O) groups is 3. The third-order valence-corrected chi connectivity index (χ3v) is 10.3. The van der Waals surface area contributed by atoms with Gasteiger partial charge in [0.1, 0.15) is 24.5 Å². The Morgan fingerprint density at radius 3 is 2.18 bits per heavy atom. The Balaban J connectivity index is 1.34. The summed E-state index contributed by atoms with van der Waals surface area (Å²) in [5.41, 5.74) is 3.75. The Morgan fingerprint density at radius 1 is 0.880 bits per heavy atom. The molecule has 4 atom stereocenters. The first kappa shape index (κ1) is 37.1. The highest BCUT2D eigenvalue weighted by Gasteiger charge is 2.35. The summed E-state index contributed by atoms with van der Waals surface area (Å²) < 4.78 is 19.6. The molecule has 2 heterocycles. The summed E-state index contributed by atoms with van der Waals surface area (Å²) in [5, 5.41) is 6.45. The van der Waals surface area contributed by atoms with E-state index in [2.05, 4.69) is 22.6 Å². The second-order valence-electron chi connectivity index (χ2n) is 13.7. The van der Waals surface area contributed by atoms with Crippen LogP contribution in [0.1, 0.15) is 43.2 Å². The van der Waals surface area contributed by atoms with Crippen LogP contribution >= 0.6 is 0 Å². The molecule has 268 valence electrons. The van der Waals surface area contributed by atoms with Gasteiger partial charge in [-0.3, -0.25) is 14.4 Å². The van der Waals surface area contributed by atoms with Crippen LogP contribution in [-0.2, 0) is 32.0 Å². The zero-order chi connectivity index (χ0) is 35.5. The summed E-state index contributed by atoms with van der Waals surface area (Å²) in [6, 6.07) is 22.9. The topological polar surface area (TPSA) is 94.2 Å². The number of rotatable bonds is 16. The third kappa shape index (κ3) is 10.2. The lowest BCUT2D eigenvalue weighted by Crippen LogP contribution is -2.56. The maximum Gasteiger partial charge on any atom is 0.249 e. The van der Waals surface area contributed by atoms with E-state index in [1.165, 1.54) is 21.9 Å². The van der Waals surface area contributed by atoms with Gasteiger partial charge in [-0.05, 0) is 86.6 Å². The molecule has 2 N–H and O–H groups in total. The van der Waals surface area contributed by atoms with Gasteiger partial charge in [0.2, 0.25) is 17.7 Å². The van der Waals surface area contributed by atoms with E-state index in [9.17, 15) is 18.8 Å². The molecule has 0 aliphatic carbocycles. The van der Waals surface area contributed by atoms with Crippen molar-refractivity contribution in [3.8, 4) is 11.1 Å². The molecule has 9 nitrogen and oxygen atoms in total. The third-order valence-electron chi connectivity index (χ3n) is 10.3. The van der Waals surface area contributed by atoms with Crippen molar-refractivity contribution < 1.29 is 23.5 Å². The van der Waals surface area contributed by atoms with E-state index in [1.807, 2.05) is 54.6 Å². The zero-order valence-corrected chi connectivity index (χ0v) is 29.7. The largest absolute Gasteiger partial charge is 0.370 e. The molecule has 0 bridgehead atoms. The van der Waals surface area contributed by atoms with Crippen molar-refractivity contribution in [2.75, 3.05) is 54.0 Å². The molecule has 2 fully saturated rings. The van der Waals surface area contributed by atoms with Gasteiger partial charge >= 0.3 is 0 Å². The molecule has 4 unspecified atom stereocenters. The summed E-state index contributed by atoms with van der Waals surface area (Å²) in [7, 11) is 5.35. The van der Waals surface area contributed by atoms with Gasteiger partial charge in [0, 0.05) is 45.6 Å². The van der Waals surface area contributed by atoms with E-state index >= 15 is 0 Å². The van der Waals surface area contributed by atoms with Crippen LogP contribution < -0.4 is 10.6 Å². The number of ether oxygens (including phenoxy) is 1. The predicted molar refractivity (Wildman–Crippen MR) is 194 cm³/mol. The molecule has 3 aromatic rings. The highest BCUT2D eigenvalue weighted by Crippen LogP contribution is 2.22. The average molecular weight is 686 g/mol. The number of benzene rings is 3.